The van der Waals surface area contributed by atoms with E-state index in [-0.39, 0.29) is 0 Å². The van der Waals surface area contributed by atoms with Gasteiger partial charge in [-0.25, -0.2) is 0 Å². The molecule has 0 unspecified atom stereocenters. The van der Waals surface area contributed by atoms with E-state index in [4.69, 9.17) is 13.9 Å². The van der Waals surface area contributed by atoms with Crippen molar-refractivity contribution in [1.29, 1.82) is 0 Å². The lowest BCUT2D eigenvalue weighted by Crippen LogP contribution is -2.46. The number of benzene rings is 1. The summed E-state index contributed by atoms with van der Waals surface area (Å²) in [6.07, 6.45) is 5.49. The van der Waals surface area contributed by atoms with Crippen molar-refractivity contribution in [2.24, 2.45) is 0 Å². The lowest BCUT2D eigenvalue weighted by atomic mass is 10.3. The Morgan fingerprint density at radius 2 is 1.23 bits per heavy atom. The Morgan fingerprint density at radius 3 is 1.64 bits per heavy atom. The van der Waals surface area contributed by atoms with Gasteiger partial charge in [-0.1, -0.05) is 41.5 Å². The zero-order valence-electron chi connectivity index (χ0n) is 14.8. The maximum absolute atomic E-state index is 6.11. The second-order valence-electron chi connectivity index (χ2n) is 6.40. The van der Waals surface area contributed by atoms with Crippen molar-refractivity contribution in [3.63, 3.8) is 0 Å². The maximum Gasteiger partial charge on any atom is 0.272 e. The molecule has 1 aromatic carbocycles. The van der Waals surface area contributed by atoms with Gasteiger partial charge in [-0.15, -0.1) is 0 Å². The van der Waals surface area contributed by atoms with Gasteiger partial charge in [-0.3, -0.25) is 0 Å². The topological polar surface area (TPSA) is 27.7 Å². The summed E-state index contributed by atoms with van der Waals surface area (Å²) in [6.45, 7) is 13.4. The van der Waals surface area contributed by atoms with E-state index in [2.05, 4.69) is 53.8 Å². The van der Waals surface area contributed by atoms with Crippen LogP contribution in [0.3, 0.4) is 0 Å². The molecule has 122 valence electrons. The molecule has 1 rings (SSSR count). The van der Waals surface area contributed by atoms with Gasteiger partial charge in [0.15, 0.2) is 6.11 Å². The van der Waals surface area contributed by atoms with Crippen molar-refractivity contribution in [3.8, 4) is 23.7 Å². The molecule has 0 fully saturated rings. The van der Waals surface area contributed by atoms with Gasteiger partial charge in [0.2, 0.25) is 0 Å². The Morgan fingerprint density at radius 1 is 0.773 bits per heavy atom. The van der Waals surface area contributed by atoms with Gasteiger partial charge in [0.25, 0.3) is 8.32 Å². The van der Waals surface area contributed by atoms with Gasteiger partial charge in [-0.05, 0) is 40.9 Å². The fourth-order valence-corrected chi connectivity index (χ4v) is 8.11. The summed E-state index contributed by atoms with van der Waals surface area (Å²) in [6, 6.07) is 7.33. The first-order chi connectivity index (χ1) is 10.3. The zero-order chi connectivity index (χ0) is 16.8. The lowest BCUT2D eigenvalue weighted by molar-refractivity contribution is 0.413. The van der Waals surface area contributed by atoms with E-state index < -0.39 is 8.32 Å². The summed E-state index contributed by atoms with van der Waals surface area (Å²) in [5.74, 6) is 1.48. The van der Waals surface area contributed by atoms with E-state index in [0.717, 1.165) is 5.75 Å². The Bertz CT molecular complexity index is 488. The van der Waals surface area contributed by atoms with Crippen LogP contribution in [0.5, 0.6) is 11.5 Å². The first-order valence-electron chi connectivity index (χ1n) is 7.83. The number of ether oxygens (including phenoxy) is 2. The summed E-state index contributed by atoms with van der Waals surface area (Å²) in [7, 11) is -0.318. The maximum atomic E-state index is 6.11. The summed E-state index contributed by atoms with van der Waals surface area (Å²) in [4.78, 5) is 0. The van der Waals surface area contributed by atoms with Crippen LogP contribution in [-0.2, 0) is 4.43 Å². The van der Waals surface area contributed by atoms with E-state index in [1.54, 1.807) is 7.11 Å². The van der Waals surface area contributed by atoms with E-state index in [1.165, 1.54) is 0 Å². The Kier molecular flexibility index (Phi) is 6.83. The molecule has 0 aliphatic carbocycles. The van der Waals surface area contributed by atoms with Crippen LogP contribution in [0.1, 0.15) is 41.5 Å². The molecule has 0 heterocycles. The molecule has 0 aliphatic heterocycles. The molecule has 0 spiro atoms. The van der Waals surface area contributed by atoms with Gasteiger partial charge in [-0.2, -0.15) is 0 Å². The summed E-state index contributed by atoms with van der Waals surface area (Å²) >= 11 is 0. The molecular formula is C18H28O3Si. The fourth-order valence-electron chi connectivity index (χ4n) is 3.19. The van der Waals surface area contributed by atoms with Crippen LogP contribution in [0.2, 0.25) is 16.6 Å². The first kappa shape index (κ1) is 18.4. The molecule has 0 radical (unpaired) electrons. The minimum atomic E-state index is -1.95. The van der Waals surface area contributed by atoms with Crippen LogP contribution in [0, 0.1) is 12.2 Å². The second kappa shape index (κ2) is 8.14. The lowest BCUT2D eigenvalue weighted by Gasteiger charge is -2.39. The van der Waals surface area contributed by atoms with Crippen LogP contribution >= 0.6 is 0 Å². The zero-order valence-corrected chi connectivity index (χ0v) is 15.8. The third kappa shape index (κ3) is 4.20. The van der Waals surface area contributed by atoms with Crippen LogP contribution < -0.4 is 9.47 Å². The van der Waals surface area contributed by atoms with Crippen molar-refractivity contribution in [2.45, 2.75) is 58.2 Å². The average molecular weight is 321 g/mol. The van der Waals surface area contributed by atoms with Crippen LogP contribution in [-0.4, -0.2) is 15.4 Å². The van der Waals surface area contributed by atoms with Gasteiger partial charge < -0.3 is 13.9 Å². The Hall–Kier alpha value is -1.60. The van der Waals surface area contributed by atoms with Crippen molar-refractivity contribution in [3.05, 3.63) is 24.3 Å². The third-order valence-electron chi connectivity index (χ3n) is 4.20. The standard InChI is InChI=1S/C18H28O3Si/c1-14(2)22(15(3)4,16(5)6)21-13-12-20-18-10-8-17(19-7)9-11-18/h8-11,14-16H,1-7H3. The Balaban J connectivity index is 2.77. The highest BCUT2D eigenvalue weighted by atomic mass is 28.4. The van der Waals surface area contributed by atoms with Crippen molar-refractivity contribution in [2.75, 3.05) is 7.11 Å². The number of methoxy groups -OCH3 is 1. The molecule has 1 aromatic rings. The Labute approximate surface area is 136 Å². The molecule has 0 atom stereocenters. The van der Waals surface area contributed by atoms with Crippen LogP contribution in [0.25, 0.3) is 0 Å². The molecule has 0 saturated carbocycles. The normalized spacial score (nSPS) is 11.4. The van der Waals surface area contributed by atoms with E-state index in [0.29, 0.717) is 22.4 Å². The molecule has 0 N–H and O–H groups in total. The molecule has 22 heavy (non-hydrogen) atoms. The van der Waals surface area contributed by atoms with Crippen molar-refractivity contribution in [1.82, 2.24) is 0 Å². The van der Waals surface area contributed by atoms with E-state index in [1.807, 2.05) is 24.3 Å². The summed E-state index contributed by atoms with van der Waals surface area (Å²) in [5.41, 5.74) is 1.51. The predicted octanol–water partition coefficient (Wildman–Crippen LogP) is 5.18. The van der Waals surface area contributed by atoms with Crippen molar-refractivity contribution >= 4 is 8.32 Å². The van der Waals surface area contributed by atoms with E-state index >= 15 is 0 Å². The minimum absolute atomic E-state index is 0.503. The highest BCUT2D eigenvalue weighted by Gasteiger charge is 2.46. The number of hydrogen-bond acceptors (Lipinski definition) is 3. The first-order valence-corrected chi connectivity index (χ1v) is 9.97. The number of rotatable bonds is 6. The minimum Gasteiger partial charge on any atom is -0.497 e. The molecule has 0 aliphatic rings. The molecule has 3 nitrogen and oxygen atoms in total. The SMILES string of the molecule is COc1ccc(OC#CO[Si](C(C)C)(C(C)C)C(C)C)cc1. The highest BCUT2D eigenvalue weighted by Crippen LogP contribution is 2.41. The largest absolute Gasteiger partial charge is 0.497 e. The monoisotopic (exact) mass is 320 g/mol. The molecule has 0 bridgehead atoms. The van der Waals surface area contributed by atoms with Gasteiger partial charge in [0, 0.05) is 0 Å². The van der Waals surface area contributed by atoms with Gasteiger partial charge in [0.05, 0.1) is 7.11 Å². The molecule has 0 saturated heterocycles. The molecule has 0 amide bonds. The van der Waals surface area contributed by atoms with Gasteiger partial charge >= 0.3 is 0 Å². The number of hydrogen-bond donors (Lipinski definition) is 0. The molecular weight excluding hydrogens is 292 g/mol. The summed E-state index contributed by atoms with van der Waals surface area (Å²) in [5, 5.41) is 0. The fraction of sp³-hybridized carbons (Fsp3) is 0.556. The van der Waals surface area contributed by atoms with E-state index in [9.17, 15) is 0 Å². The van der Waals surface area contributed by atoms with Crippen LogP contribution in [0.4, 0.5) is 0 Å². The summed E-state index contributed by atoms with van der Waals surface area (Å²) < 4.78 is 16.6. The molecule has 0 aromatic heterocycles. The predicted molar refractivity (Wildman–Crippen MR) is 93.5 cm³/mol. The van der Waals surface area contributed by atoms with Gasteiger partial charge in [0.1, 0.15) is 17.6 Å². The highest BCUT2D eigenvalue weighted by molar-refractivity contribution is 6.77. The smallest absolute Gasteiger partial charge is 0.272 e. The van der Waals surface area contributed by atoms with Crippen LogP contribution in [0.15, 0.2) is 24.3 Å². The molecule has 4 heteroatoms. The van der Waals surface area contributed by atoms with Crippen molar-refractivity contribution < 1.29 is 13.9 Å². The quantitative estimate of drug-likeness (QED) is 0.533. The average Bonchev–Trinajstić information content (AvgIpc) is 2.46. The third-order valence-corrected chi connectivity index (χ3v) is 10.1. The second-order valence-corrected chi connectivity index (χ2v) is 11.8.